The SMILES string of the molecule is CCCCCCC/C=C\C/C=C\CCCCCCCCCCCCCCCCCCCC(=O)OC(COC(=O)CCCCCCCCCCCCCCCCCCC)COP(=O)([O-])OCC[N+](C)(C)C. The summed E-state index contributed by atoms with van der Waals surface area (Å²) in [6.07, 6.45) is 62.3. The molecule has 0 spiro atoms. The van der Waals surface area contributed by atoms with Gasteiger partial charge < -0.3 is 27.9 Å². The van der Waals surface area contributed by atoms with Crippen molar-refractivity contribution in [2.45, 2.75) is 302 Å². The molecule has 0 aromatic carbocycles. The first-order chi connectivity index (χ1) is 34.0. The number of likely N-dealkylation sites (N-methyl/N-ethyl adjacent to an activating group) is 1. The lowest BCUT2D eigenvalue weighted by Crippen LogP contribution is -2.37. The number of nitrogens with zero attached hydrogens (tertiary/aromatic N) is 1. The first-order valence-corrected chi connectivity index (χ1v) is 31.5. The van der Waals surface area contributed by atoms with Gasteiger partial charge in [-0.25, -0.2) is 0 Å². The number of phosphoric ester groups is 1. The molecule has 0 bridgehead atoms. The Hall–Kier alpha value is -1.51. The van der Waals surface area contributed by atoms with Crippen LogP contribution >= 0.6 is 7.82 Å². The van der Waals surface area contributed by atoms with Gasteiger partial charge in [-0.2, -0.15) is 0 Å². The van der Waals surface area contributed by atoms with Gasteiger partial charge in [0.15, 0.2) is 6.10 Å². The van der Waals surface area contributed by atoms with E-state index in [4.69, 9.17) is 18.5 Å². The molecule has 0 aliphatic heterocycles. The summed E-state index contributed by atoms with van der Waals surface area (Å²) in [5.41, 5.74) is 0. The predicted molar refractivity (Wildman–Crippen MR) is 296 cm³/mol. The van der Waals surface area contributed by atoms with Crippen LogP contribution in [0.4, 0.5) is 0 Å². The number of allylic oxidation sites excluding steroid dienone is 4. The lowest BCUT2D eigenvalue weighted by Gasteiger charge is -2.28. The number of rotatable bonds is 56. The number of phosphoric acid groups is 1. The minimum atomic E-state index is -4.63. The van der Waals surface area contributed by atoms with Crippen LogP contribution in [-0.2, 0) is 32.7 Å². The molecule has 0 N–H and O–H groups in total. The van der Waals surface area contributed by atoms with E-state index in [0.29, 0.717) is 17.4 Å². The molecule has 0 aromatic heterocycles. The highest BCUT2D eigenvalue weighted by molar-refractivity contribution is 7.45. The van der Waals surface area contributed by atoms with Crippen LogP contribution in [0.25, 0.3) is 0 Å². The molecular weight excluding hydrogens is 894 g/mol. The molecule has 0 aliphatic rings. The summed E-state index contributed by atoms with van der Waals surface area (Å²) in [6, 6.07) is 0. The van der Waals surface area contributed by atoms with Crippen LogP contribution in [0.3, 0.4) is 0 Å². The second kappa shape index (κ2) is 52.4. The van der Waals surface area contributed by atoms with E-state index >= 15 is 0 Å². The van der Waals surface area contributed by atoms with Gasteiger partial charge in [0.2, 0.25) is 0 Å². The molecule has 0 amide bonds. The van der Waals surface area contributed by atoms with Crippen LogP contribution in [0.2, 0.25) is 0 Å². The van der Waals surface area contributed by atoms with Crippen molar-refractivity contribution in [3.8, 4) is 0 Å². The molecule has 0 aliphatic carbocycles. The van der Waals surface area contributed by atoms with E-state index < -0.39 is 26.5 Å². The molecule has 0 saturated carbocycles. The zero-order valence-electron chi connectivity index (χ0n) is 47.0. The van der Waals surface area contributed by atoms with Crippen LogP contribution in [0.5, 0.6) is 0 Å². The standard InChI is InChI=1S/C60H116NO8P/c1-6-8-10-12-14-16-18-20-22-24-25-26-27-28-29-30-31-32-33-34-35-37-39-41-43-45-47-49-51-53-60(63)69-58(57-68-70(64,65)67-55-54-61(3,4)5)56-66-59(62)52-50-48-46-44-42-40-38-36-23-21-19-17-15-13-11-9-7-2/h18,20,24-25,58H,6-17,19,21-23,26-57H2,1-5H3/b20-18-,25-24-. The number of quaternary nitrogens is 1. The molecule has 0 heterocycles. The van der Waals surface area contributed by atoms with E-state index in [9.17, 15) is 19.0 Å². The van der Waals surface area contributed by atoms with E-state index in [2.05, 4.69) is 38.2 Å². The molecule has 2 unspecified atom stereocenters. The van der Waals surface area contributed by atoms with Crippen molar-refractivity contribution < 1.29 is 42.1 Å². The summed E-state index contributed by atoms with van der Waals surface area (Å²) in [4.78, 5) is 37.9. The van der Waals surface area contributed by atoms with Gasteiger partial charge in [0, 0.05) is 12.8 Å². The Kier molecular flexibility index (Phi) is 51.2. The van der Waals surface area contributed by atoms with Crippen molar-refractivity contribution in [2.75, 3.05) is 47.5 Å². The maximum atomic E-state index is 12.8. The van der Waals surface area contributed by atoms with Crippen molar-refractivity contribution >= 4 is 19.8 Å². The van der Waals surface area contributed by atoms with Gasteiger partial charge in [0.25, 0.3) is 7.82 Å². The first-order valence-electron chi connectivity index (χ1n) is 30.0. The van der Waals surface area contributed by atoms with E-state index in [1.165, 1.54) is 225 Å². The van der Waals surface area contributed by atoms with Gasteiger partial charge in [0.1, 0.15) is 19.8 Å². The second-order valence-electron chi connectivity index (χ2n) is 21.7. The number of carbonyl (C=O) groups is 2. The Morgan fingerprint density at radius 2 is 0.771 bits per heavy atom. The van der Waals surface area contributed by atoms with Crippen LogP contribution in [0.15, 0.2) is 24.3 Å². The fraction of sp³-hybridized carbons (Fsp3) is 0.900. The van der Waals surface area contributed by atoms with Crippen LogP contribution in [0.1, 0.15) is 296 Å². The number of hydrogen-bond acceptors (Lipinski definition) is 8. The van der Waals surface area contributed by atoms with E-state index in [0.717, 1.165) is 38.5 Å². The average Bonchev–Trinajstić information content (AvgIpc) is 3.32. The topological polar surface area (TPSA) is 111 Å². The molecule has 0 saturated heterocycles. The number of carbonyl (C=O) groups excluding carboxylic acids is 2. The fourth-order valence-corrected chi connectivity index (χ4v) is 9.54. The molecule has 0 radical (unpaired) electrons. The maximum Gasteiger partial charge on any atom is 0.306 e. The van der Waals surface area contributed by atoms with Crippen LogP contribution in [0, 0.1) is 0 Å². The van der Waals surface area contributed by atoms with E-state index in [-0.39, 0.29) is 32.0 Å². The van der Waals surface area contributed by atoms with Crippen LogP contribution in [-0.4, -0.2) is 70.0 Å². The summed E-state index contributed by atoms with van der Waals surface area (Å²) in [7, 11) is 1.18. The second-order valence-corrected chi connectivity index (χ2v) is 23.1. The van der Waals surface area contributed by atoms with E-state index in [1.807, 2.05) is 21.1 Å². The summed E-state index contributed by atoms with van der Waals surface area (Å²) >= 11 is 0. The predicted octanol–water partition coefficient (Wildman–Crippen LogP) is 18.0. The smallest absolute Gasteiger partial charge is 0.306 e. The highest BCUT2D eigenvalue weighted by atomic mass is 31.2. The molecule has 10 heteroatoms. The molecule has 70 heavy (non-hydrogen) atoms. The minimum Gasteiger partial charge on any atom is -0.756 e. The largest absolute Gasteiger partial charge is 0.756 e. The summed E-state index contributed by atoms with van der Waals surface area (Å²) < 4.78 is 34.2. The number of esters is 2. The lowest BCUT2D eigenvalue weighted by molar-refractivity contribution is -0.870. The van der Waals surface area contributed by atoms with Gasteiger partial charge in [-0.05, 0) is 44.9 Å². The number of ether oxygens (including phenoxy) is 2. The molecule has 0 fully saturated rings. The van der Waals surface area contributed by atoms with Gasteiger partial charge in [-0.15, -0.1) is 0 Å². The average molecular weight is 1010 g/mol. The Morgan fingerprint density at radius 3 is 1.13 bits per heavy atom. The van der Waals surface area contributed by atoms with Gasteiger partial charge in [-0.3, -0.25) is 14.2 Å². The quantitative estimate of drug-likeness (QED) is 0.0195. The van der Waals surface area contributed by atoms with Crippen molar-refractivity contribution in [2.24, 2.45) is 0 Å². The number of hydrogen-bond donors (Lipinski definition) is 0. The maximum absolute atomic E-state index is 12.8. The Balaban J connectivity index is 4.06. The minimum absolute atomic E-state index is 0.0273. The Morgan fingerprint density at radius 1 is 0.443 bits per heavy atom. The van der Waals surface area contributed by atoms with Gasteiger partial charge >= 0.3 is 11.9 Å². The number of unbranched alkanes of at least 4 members (excludes halogenated alkanes) is 38. The third-order valence-corrected chi connectivity index (χ3v) is 14.4. The van der Waals surface area contributed by atoms with Crippen molar-refractivity contribution in [3.63, 3.8) is 0 Å². The summed E-state index contributed by atoms with van der Waals surface area (Å²) in [5, 5.41) is 0. The normalized spacial score (nSPS) is 13.4. The molecule has 0 rings (SSSR count). The van der Waals surface area contributed by atoms with Crippen molar-refractivity contribution in [1.82, 2.24) is 0 Å². The highest BCUT2D eigenvalue weighted by Gasteiger charge is 2.22. The highest BCUT2D eigenvalue weighted by Crippen LogP contribution is 2.38. The van der Waals surface area contributed by atoms with Gasteiger partial charge in [0.05, 0.1) is 27.7 Å². The molecule has 2 atom stereocenters. The first kappa shape index (κ1) is 68.5. The van der Waals surface area contributed by atoms with Crippen molar-refractivity contribution in [3.05, 3.63) is 24.3 Å². The Labute approximate surface area is 434 Å². The van der Waals surface area contributed by atoms with Crippen LogP contribution < -0.4 is 4.89 Å². The molecule has 0 aromatic rings. The third-order valence-electron chi connectivity index (χ3n) is 13.5. The third kappa shape index (κ3) is 55.8. The van der Waals surface area contributed by atoms with E-state index in [1.54, 1.807) is 0 Å². The van der Waals surface area contributed by atoms with Gasteiger partial charge in [-0.1, -0.05) is 263 Å². The van der Waals surface area contributed by atoms with Crippen molar-refractivity contribution in [1.29, 1.82) is 0 Å². The summed E-state index contributed by atoms with van der Waals surface area (Å²) in [5.74, 6) is -0.815. The molecular formula is C60H116NO8P. The summed E-state index contributed by atoms with van der Waals surface area (Å²) in [6.45, 7) is 4.28. The Bertz CT molecular complexity index is 1240. The lowest BCUT2D eigenvalue weighted by atomic mass is 10.0. The monoisotopic (exact) mass is 1010 g/mol. The zero-order valence-corrected chi connectivity index (χ0v) is 47.9. The molecule has 9 nitrogen and oxygen atoms in total. The zero-order chi connectivity index (χ0) is 51.3. The fourth-order valence-electron chi connectivity index (χ4n) is 8.81. The molecule has 414 valence electrons.